The highest BCUT2D eigenvalue weighted by atomic mass is 79.9. The van der Waals surface area contributed by atoms with E-state index < -0.39 is 0 Å². The molecule has 0 unspecified atom stereocenters. The first-order valence-corrected chi connectivity index (χ1v) is 5.48. The van der Waals surface area contributed by atoms with Crippen molar-refractivity contribution in [3.63, 3.8) is 0 Å². The largest absolute Gasteiger partial charge is 0.0970 e. The molecular formula is C12H13Br. The Morgan fingerprint density at radius 1 is 1.31 bits per heavy atom. The van der Waals surface area contributed by atoms with Crippen molar-refractivity contribution in [2.75, 3.05) is 5.33 Å². The Morgan fingerprint density at radius 2 is 2.08 bits per heavy atom. The molecule has 0 radical (unpaired) electrons. The highest BCUT2D eigenvalue weighted by molar-refractivity contribution is 9.09. The average Bonchev–Trinajstić information content (AvgIpc) is 2.11. The predicted molar refractivity (Wildman–Crippen MR) is 61.2 cm³/mol. The first-order chi connectivity index (χ1) is 6.24. The van der Waals surface area contributed by atoms with Gasteiger partial charge in [0.2, 0.25) is 0 Å². The zero-order chi connectivity index (χ0) is 9.68. The number of alkyl halides is 1. The number of hydrogen-bond donors (Lipinski definition) is 0. The molecule has 0 nitrogen and oxygen atoms in total. The molecule has 0 heterocycles. The van der Waals surface area contributed by atoms with E-state index in [-0.39, 0.29) is 0 Å². The minimum atomic E-state index is 0.910. The van der Waals surface area contributed by atoms with Gasteiger partial charge in [0.1, 0.15) is 0 Å². The average molecular weight is 237 g/mol. The van der Waals surface area contributed by atoms with Gasteiger partial charge in [0, 0.05) is 17.3 Å². The van der Waals surface area contributed by atoms with E-state index in [1.165, 1.54) is 11.1 Å². The molecule has 1 aromatic carbocycles. The van der Waals surface area contributed by atoms with Crippen molar-refractivity contribution in [2.24, 2.45) is 0 Å². The van der Waals surface area contributed by atoms with Crippen molar-refractivity contribution in [1.82, 2.24) is 0 Å². The monoisotopic (exact) mass is 236 g/mol. The van der Waals surface area contributed by atoms with Crippen LogP contribution < -0.4 is 0 Å². The minimum Gasteiger partial charge on any atom is -0.0970 e. The van der Waals surface area contributed by atoms with Crippen LogP contribution in [0.4, 0.5) is 0 Å². The third-order valence-corrected chi connectivity index (χ3v) is 2.23. The summed E-state index contributed by atoms with van der Waals surface area (Å²) in [7, 11) is 0. The molecule has 0 spiro atoms. The molecule has 0 aromatic heterocycles. The van der Waals surface area contributed by atoms with Gasteiger partial charge in [-0.25, -0.2) is 0 Å². The van der Waals surface area contributed by atoms with E-state index in [9.17, 15) is 0 Å². The Kier molecular flexibility index (Phi) is 4.05. The number of halogens is 1. The second kappa shape index (κ2) is 5.09. The SMILES string of the molecule is Cc1ccc(C)c(C#CCCBr)c1. The van der Waals surface area contributed by atoms with Gasteiger partial charge in [-0.1, -0.05) is 39.9 Å². The lowest BCUT2D eigenvalue weighted by atomic mass is 10.1. The normalized spacial score (nSPS) is 9.15. The Hall–Kier alpha value is -0.740. The minimum absolute atomic E-state index is 0.910. The van der Waals surface area contributed by atoms with E-state index in [1.54, 1.807) is 0 Å². The predicted octanol–water partition coefficient (Wildman–Crippen LogP) is 3.44. The smallest absolute Gasteiger partial charge is 0.0277 e. The molecule has 0 saturated carbocycles. The molecule has 0 saturated heterocycles. The van der Waals surface area contributed by atoms with Crippen LogP contribution in [0.15, 0.2) is 18.2 Å². The molecule has 0 aliphatic carbocycles. The van der Waals surface area contributed by atoms with E-state index >= 15 is 0 Å². The summed E-state index contributed by atoms with van der Waals surface area (Å²) in [6.07, 6.45) is 0.910. The summed E-state index contributed by atoms with van der Waals surface area (Å²) in [4.78, 5) is 0. The molecule has 0 amide bonds. The molecule has 1 rings (SSSR count). The number of benzene rings is 1. The van der Waals surface area contributed by atoms with Gasteiger partial charge in [0.25, 0.3) is 0 Å². The summed E-state index contributed by atoms with van der Waals surface area (Å²) in [5.41, 5.74) is 3.68. The third-order valence-electron chi connectivity index (χ3n) is 1.84. The van der Waals surface area contributed by atoms with Crippen LogP contribution in [0.3, 0.4) is 0 Å². The molecule has 0 fully saturated rings. The lowest BCUT2D eigenvalue weighted by Crippen LogP contribution is -1.83. The summed E-state index contributed by atoms with van der Waals surface area (Å²) in [5.74, 6) is 6.30. The summed E-state index contributed by atoms with van der Waals surface area (Å²) in [6, 6.07) is 6.37. The molecular weight excluding hydrogens is 224 g/mol. The first-order valence-electron chi connectivity index (χ1n) is 4.36. The fraction of sp³-hybridized carbons (Fsp3) is 0.333. The highest BCUT2D eigenvalue weighted by Gasteiger charge is 1.93. The van der Waals surface area contributed by atoms with Crippen LogP contribution in [0.1, 0.15) is 23.1 Å². The molecule has 1 heteroatoms. The second-order valence-corrected chi connectivity index (χ2v) is 3.85. The summed E-state index contributed by atoms with van der Waals surface area (Å²) >= 11 is 3.35. The fourth-order valence-electron chi connectivity index (χ4n) is 1.08. The van der Waals surface area contributed by atoms with E-state index in [0.717, 1.165) is 17.3 Å². The standard InChI is InChI=1S/C12H13Br/c1-10-6-7-11(2)12(9-10)5-3-4-8-13/h6-7,9H,4,8H2,1-2H3. The first kappa shape index (κ1) is 10.3. The van der Waals surface area contributed by atoms with Crippen molar-refractivity contribution in [3.05, 3.63) is 34.9 Å². The Morgan fingerprint density at radius 3 is 2.77 bits per heavy atom. The maximum absolute atomic E-state index is 3.35. The van der Waals surface area contributed by atoms with Crippen LogP contribution in [0.5, 0.6) is 0 Å². The van der Waals surface area contributed by atoms with Crippen molar-refractivity contribution in [1.29, 1.82) is 0 Å². The fourth-order valence-corrected chi connectivity index (χ4v) is 1.27. The Bertz CT molecular complexity index is 342. The van der Waals surface area contributed by atoms with E-state index in [4.69, 9.17) is 0 Å². The van der Waals surface area contributed by atoms with E-state index in [0.29, 0.717) is 0 Å². The molecule has 0 aliphatic heterocycles. The second-order valence-electron chi connectivity index (χ2n) is 3.06. The van der Waals surface area contributed by atoms with Gasteiger partial charge in [-0.2, -0.15) is 0 Å². The van der Waals surface area contributed by atoms with E-state index in [2.05, 4.69) is 59.8 Å². The number of rotatable bonds is 1. The van der Waals surface area contributed by atoms with Crippen LogP contribution in [0, 0.1) is 25.7 Å². The van der Waals surface area contributed by atoms with Gasteiger partial charge >= 0.3 is 0 Å². The van der Waals surface area contributed by atoms with Gasteiger partial charge in [-0.3, -0.25) is 0 Å². The lowest BCUT2D eigenvalue weighted by Gasteiger charge is -1.98. The van der Waals surface area contributed by atoms with Crippen molar-refractivity contribution in [2.45, 2.75) is 20.3 Å². The lowest BCUT2D eigenvalue weighted by molar-refractivity contribution is 1.31. The van der Waals surface area contributed by atoms with Crippen molar-refractivity contribution >= 4 is 15.9 Å². The molecule has 1 aromatic rings. The van der Waals surface area contributed by atoms with Crippen molar-refractivity contribution < 1.29 is 0 Å². The molecule has 0 N–H and O–H groups in total. The Labute approximate surface area is 88.5 Å². The zero-order valence-electron chi connectivity index (χ0n) is 8.02. The van der Waals surface area contributed by atoms with Crippen LogP contribution in [-0.2, 0) is 0 Å². The molecule has 68 valence electrons. The maximum Gasteiger partial charge on any atom is 0.0277 e. The van der Waals surface area contributed by atoms with Gasteiger partial charge in [0.15, 0.2) is 0 Å². The molecule has 0 atom stereocenters. The van der Waals surface area contributed by atoms with Gasteiger partial charge < -0.3 is 0 Å². The highest BCUT2D eigenvalue weighted by Crippen LogP contribution is 2.08. The van der Waals surface area contributed by atoms with Crippen LogP contribution in [0.2, 0.25) is 0 Å². The summed E-state index contributed by atoms with van der Waals surface area (Å²) < 4.78 is 0. The summed E-state index contributed by atoms with van der Waals surface area (Å²) in [5, 5.41) is 0.949. The van der Waals surface area contributed by atoms with Gasteiger partial charge in [-0.15, -0.1) is 0 Å². The maximum atomic E-state index is 3.35. The molecule has 13 heavy (non-hydrogen) atoms. The molecule has 0 bridgehead atoms. The third kappa shape index (κ3) is 3.24. The van der Waals surface area contributed by atoms with Crippen LogP contribution in [0.25, 0.3) is 0 Å². The number of aryl methyl sites for hydroxylation is 2. The van der Waals surface area contributed by atoms with Crippen molar-refractivity contribution in [3.8, 4) is 11.8 Å². The zero-order valence-corrected chi connectivity index (χ0v) is 9.61. The quantitative estimate of drug-likeness (QED) is 0.518. The topological polar surface area (TPSA) is 0 Å². The van der Waals surface area contributed by atoms with Gasteiger partial charge in [0.05, 0.1) is 0 Å². The van der Waals surface area contributed by atoms with Gasteiger partial charge in [-0.05, 0) is 31.0 Å². The summed E-state index contributed by atoms with van der Waals surface area (Å²) in [6.45, 7) is 4.19. The van der Waals surface area contributed by atoms with Crippen LogP contribution >= 0.6 is 15.9 Å². The number of hydrogen-bond acceptors (Lipinski definition) is 0. The Balaban J connectivity index is 2.89. The molecule has 0 aliphatic rings. The van der Waals surface area contributed by atoms with E-state index in [1.807, 2.05) is 0 Å². The van der Waals surface area contributed by atoms with Crippen LogP contribution in [-0.4, -0.2) is 5.33 Å².